The molecule has 0 spiro atoms. The van der Waals surface area contributed by atoms with Crippen molar-refractivity contribution in [3.05, 3.63) is 54.1 Å². The summed E-state index contributed by atoms with van der Waals surface area (Å²) in [5.41, 5.74) is 1.21. The van der Waals surface area contributed by atoms with Gasteiger partial charge in [-0.2, -0.15) is 0 Å². The largest absolute Gasteiger partial charge is 0.493 e. The van der Waals surface area contributed by atoms with Crippen LogP contribution in [0.5, 0.6) is 11.5 Å². The molecule has 2 aromatic carbocycles. The summed E-state index contributed by atoms with van der Waals surface area (Å²) >= 11 is 5.23. The molecule has 2 aromatic rings. The average Bonchev–Trinajstić information content (AvgIpc) is 2.62. The lowest BCUT2D eigenvalue weighted by atomic mass is 10.2. The molecule has 26 heavy (non-hydrogen) atoms. The third-order valence-corrected chi connectivity index (χ3v) is 3.57. The van der Waals surface area contributed by atoms with E-state index >= 15 is 0 Å². The third-order valence-electron chi connectivity index (χ3n) is 3.36. The molecule has 138 valence electrons. The normalized spacial score (nSPS) is 10.3. The number of benzene rings is 2. The van der Waals surface area contributed by atoms with Crippen molar-refractivity contribution in [2.24, 2.45) is 5.92 Å². The summed E-state index contributed by atoms with van der Waals surface area (Å²) in [4.78, 5) is 12.3. The Hall–Kier alpha value is -2.60. The second-order valence-corrected chi connectivity index (χ2v) is 6.47. The first-order chi connectivity index (χ1) is 12.5. The van der Waals surface area contributed by atoms with Crippen LogP contribution in [0.15, 0.2) is 48.5 Å². The summed E-state index contributed by atoms with van der Waals surface area (Å²) in [5.74, 6) is 1.58. The highest BCUT2D eigenvalue weighted by atomic mass is 32.1. The Morgan fingerprint density at radius 1 is 1.08 bits per heavy atom. The van der Waals surface area contributed by atoms with Gasteiger partial charge in [0.05, 0.1) is 18.9 Å². The van der Waals surface area contributed by atoms with Gasteiger partial charge in [-0.1, -0.05) is 26.0 Å². The molecule has 0 aliphatic rings. The molecule has 2 rings (SSSR count). The van der Waals surface area contributed by atoms with E-state index < -0.39 is 0 Å². The van der Waals surface area contributed by atoms with Crippen LogP contribution in [0.3, 0.4) is 0 Å². The Morgan fingerprint density at radius 3 is 2.42 bits per heavy atom. The summed E-state index contributed by atoms with van der Waals surface area (Å²) in [6, 6.07) is 14.4. The van der Waals surface area contributed by atoms with Crippen molar-refractivity contribution in [1.82, 2.24) is 5.32 Å². The molecule has 0 fully saturated rings. The molecule has 0 saturated heterocycles. The molecule has 6 heteroatoms. The first-order valence-electron chi connectivity index (χ1n) is 8.56. The second-order valence-electron chi connectivity index (χ2n) is 6.07. The van der Waals surface area contributed by atoms with Crippen molar-refractivity contribution >= 4 is 28.9 Å². The predicted octanol–water partition coefficient (Wildman–Crippen LogP) is 4.25. The van der Waals surface area contributed by atoms with Gasteiger partial charge in [0.1, 0.15) is 11.5 Å². The minimum Gasteiger partial charge on any atom is -0.493 e. The Kier molecular flexibility index (Phi) is 7.41. The monoisotopic (exact) mass is 372 g/mol. The molecule has 0 radical (unpaired) electrons. The van der Waals surface area contributed by atoms with E-state index in [1.54, 1.807) is 24.3 Å². The molecular weight excluding hydrogens is 348 g/mol. The minimum absolute atomic E-state index is 0.210. The van der Waals surface area contributed by atoms with Gasteiger partial charge < -0.3 is 14.8 Å². The zero-order chi connectivity index (χ0) is 18.9. The van der Waals surface area contributed by atoms with Crippen LogP contribution in [0.1, 0.15) is 31.1 Å². The highest BCUT2D eigenvalue weighted by Gasteiger charge is 2.10. The fourth-order valence-corrected chi connectivity index (χ4v) is 2.35. The molecule has 5 nitrogen and oxygen atoms in total. The zero-order valence-electron chi connectivity index (χ0n) is 15.2. The van der Waals surface area contributed by atoms with Gasteiger partial charge in [-0.25, -0.2) is 0 Å². The number of hydrogen-bond acceptors (Lipinski definition) is 4. The van der Waals surface area contributed by atoms with Gasteiger partial charge in [-0.05, 0) is 61.5 Å². The van der Waals surface area contributed by atoms with Crippen LogP contribution in [0.25, 0.3) is 0 Å². The van der Waals surface area contributed by atoms with Gasteiger partial charge in [0.25, 0.3) is 5.91 Å². The van der Waals surface area contributed by atoms with E-state index in [1.807, 2.05) is 31.2 Å². The Morgan fingerprint density at radius 2 is 1.77 bits per heavy atom. The molecular formula is C20H24N2O3S. The lowest BCUT2D eigenvalue weighted by Gasteiger charge is -2.13. The van der Waals surface area contributed by atoms with Crippen LogP contribution in [0.4, 0.5) is 5.69 Å². The van der Waals surface area contributed by atoms with E-state index in [0.717, 1.165) is 5.75 Å². The highest BCUT2D eigenvalue weighted by Crippen LogP contribution is 2.23. The lowest BCUT2D eigenvalue weighted by molar-refractivity contribution is 0.0977. The van der Waals surface area contributed by atoms with Crippen molar-refractivity contribution < 1.29 is 14.3 Å². The minimum atomic E-state index is -0.285. The maximum absolute atomic E-state index is 12.3. The van der Waals surface area contributed by atoms with Crippen LogP contribution in [0, 0.1) is 5.92 Å². The Labute approximate surface area is 159 Å². The topological polar surface area (TPSA) is 59.6 Å². The molecule has 0 aromatic heterocycles. The van der Waals surface area contributed by atoms with E-state index in [0.29, 0.717) is 36.1 Å². The number of hydrogen-bond donors (Lipinski definition) is 2. The van der Waals surface area contributed by atoms with Crippen molar-refractivity contribution in [3.63, 3.8) is 0 Å². The quantitative estimate of drug-likeness (QED) is 0.712. The molecule has 1 amide bonds. The Bertz CT molecular complexity index is 745. The number of anilines is 1. The molecule has 0 aliphatic carbocycles. The van der Waals surface area contributed by atoms with Gasteiger partial charge in [-0.15, -0.1) is 0 Å². The highest BCUT2D eigenvalue weighted by molar-refractivity contribution is 7.80. The Balaban J connectivity index is 1.93. The summed E-state index contributed by atoms with van der Waals surface area (Å²) in [6.07, 6.45) is 0. The average molecular weight is 372 g/mol. The number of nitrogens with one attached hydrogen (secondary N) is 2. The van der Waals surface area contributed by atoms with Gasteiger partial charge in [0, 0.05) is 5.56 Å². The van der Waals surface area contributed by atoms with Gasteiger partial charge >= 0.3 is 0 Å². The summed E-state index contributed by atoms with van der Waals surface area (Å²) < 4.78 is 11.1. The zero-order valence-corrected chi connectivity index (χ0v) is 16.1. The van der Waals surface area contributed by atoms with Crippen LogP contribution in [0.2, 0.25) is 0 Å². The van der Waals surface area contributed by atoms with Crippen LogP contribution < -0.4 is 20.1 Å². The summed E-state index contributed by atoms with van der Waals surface area (Å²) in [5, 5.41) is 5.87. The maximum Gasteiger partial charge on any atom is 0.257 e. The maximum atomic E-state index is 12.3. The first-order valence-corrected chi connectivity index (χ1v) is 8.97. The fraction of sp³-hybridized carbons (Fsp3) is 0.300. The van der Waals surface area contributed by atoms with Crippen LogP contribution >= 0.6 is 12.2 Å². The van der Waals surface area contributed by atoms with E-state index in [1.165, 1.54) is 0 Å². The summed E-state index contributed by atoms with van der Waals surface area (Å²) in [6.45, 7) is 7.26. The molecule has 0 atom stereocenters. The number of rotatable bonds is 7. The predicted molar refractivity (Wildman–Crippen MR) is 108 cm³/mol. The summed E-state index contributed by atoms with van der Waals surface area (Å²) in [7, 11) is 0. The van der Waals surface area contributed by atoms with Gasteiger partial charge in [0.2, 0.25) is 0 Å². The standard InChI is InChI=1S/C20H24N2O3S/c1-4-24-18-8-6-5-7-17(18)21-20(26)22-19(23)15-9-11-16(12-10-15)25-13-14(2)3/h5-12,14H,4,13H2,1-3H3,(H2,21,22,23,26). The first kappa shape index (κ1) is 19.7. The lowest BCUT2D eigenvalue weighted by Crippen LogP contribution is -2.34. The van der Waals surface area contributed by atoms with Crippen LogP contribution in [-0.4, -0.2) is 24.2 Å². The molecule has 0 aliphatic heterocycles. The third kappa shape index (κ3) is 6.04. The second kappa shape index (κ2) is 9.77. The van der Waals surface area contributed by atoms with Crippen molar-refractivity contribution in [2.45, 2.75) is 20.8 Å². The number of para-hydroxylation sites is 2. The fourth-order valence-electron chi connectivity index (χ4n) is 2.15. The molecule has 0 unspecified atom stereocenters. The molecule has 2 N–H and O–H groups in total. The number of thiocarbonyl (C=S) groups is 1. The van der Waals surface area contributed by atoms with Gasteiger partial charge in [0.15, 0.2) is 5.11 Å². The molecule has 0 bridgehead atoms. The number of carbonyl (C=O) groups is 1. The number of amides is 1. The molecule has 0 heterocycles. The van der Waals surface area contributed by atoms with E-state index in [-0.39, 0.29) is 11.0 Å². The van der Waals surface area contributed by atoms with Crippen molar-refractivity contribution in [3.8, 4) is 11.5 Å². The molecule has 0 saturated carbocycles. The van der Waals surface area contributed by atoms with E-state index in [9.17, 15) is 4.79 Å². The smallest absolute Gasteiger partial charge is 0.257 e. The van der Waals surface area contributed by atoms with E-state index in [4.69, 9.17) is 21.7 Å². The number of carbonyl (C=O) groups excluding carboxylic acids is 1. The van der Waals surface area contributed by atoms with Crippen LogP contribution in [-0.2, 0) is 0 Å². The van der Waals surface area contributed by atoms with Crippen molar-refractivity contribution in [2.75, 3.05) is 18.5 Å². The SMILES string of the molecule is CCOc1ccccc1NC(=S)NC(=O)c1ccc(OCC(C)C)cc1. The number of ether oxygens (including phenoxy) is 2. The van der Waals surface area contributed by atoms with Gasteiger partial charge in [-0.3, -0.25) is 10.1 Å². The van der Waals surface area contributed by atoms with E-state index in [2.05, 4.69) is 24.5 Å². The van der Waals surface area contributed by atoms with Crippen molar-refractivity contribution in [1.29, 1.82) is 0 Å².